The Morgan fingerprint density at radius 3 is 2.62 bits per heavy atom. The first-order valence-corrected chi connectivity index (χ1v) is 5.03. The van der Waals surface area contributed by atoms with E-state index in [-0.39, 0.29) is 0 Å². The van der Waals surface area contributed by atoms with Gasteiger partial charge in [-0.3, -0.25) is 0 Å². The summed E-state index contributed by atoms with van der Waals surface area (Å²) < 4.78 is 1.09. The lowest BCUT2D eigenvalue weighted by Crippen LogP contribution is -1.93. The quantitative estimate of drug-likeness (QED) is 0.684. The molecule has 0 radical (unpaired) electrons. The van der Waals surface area contributed by atoms with Crippen LogP contribution in [0.1, 0.15) is 24.0 Å². The molecule has 13 heavy (non-hydrogen) atoms. The van der Waals surface area contributed by atoms with Crippen LogP contribution in [-0.4, -0.2) is 0 Å². The minimum absolute atomic E-state index is 0.366. The normalized spacial score (nSPS) is 12.2. The van der Waals surface area contributed by atoms with Gasteiger partial charge in [-0.05, 0) is 23.1 Å². The number of hydrogen-bond acceptors (Lipinski definition) is 0. The van der Waals surface area contributed by atoms with E-state index in [2.05, 4.69) is 42.1 Å². The molecule has 1 aromatic rings. The Morgan fingerprint density at radius 2 is 2.08 bits per heavy atom. The van der Waals surface area contributed by atoms with Gasteiger partial charge in [0.1, 0.15) is 0 Å². The van der Waals surface area contributed by atoms with E-state index in [0.29, 0.717) is 5.92 Å². The van der Waals surface area contributed by atoms with Crippen LogP contribution < -0.4 is 0 Å². The summed E-state index contributed by atoms with van der Waals surface area (Å²) >= 11 is 3.50. The molecule has 1 unspecified atom stereocenters. The highest BCUT2D eigenvalue weighted by Crippen LogP contribution is 2.27. The lowest BCUT2D eigenvalue weighted by atomic mass is 9.96. The number of hydrogen-bond donors (Lipinski definition) is 0. The molecule has 0 aromatic heterocycles. The summed E-state index contributed by atoms with van der Waals surface area (Å²) in [6, 6.07) is 6.16. The summed E-state index contributed by atoms with van der Waals surface area (Å²) in [6.45, 7) is 9.72. The maximum Gasteiger partial charge on any atom is 0.0250 e. The molecule has 1 rings (SSSR count). The van der Waals surface area contributed by atoms with Gasteiger partial charge in [-0.2, -0.15) is 0 Å². The van der Waals surface area contributed by atoms with Crippen LogP contribution in [0.5, 0.6) is 0 Å². The van der Waals surface area contributed by atoms with Gasteiger partial charge < -0.3 is 0 Å². The van der Waals surface area contributed by atoms with E-state index in [9.17, 15) is 0 Å². The molecule has 1 heteroatoms. The average molecular weight is 237 g/mol. The highest BCUT2D eigenvalue weighted by Gasteiger charge is 2.07. The van der Waals surface area contributed by atoms with Crippen molar-refractivity contribution in [1.82, 2.24) is 0 Å². The van der Waals surface area contributed by atoms with Gasteiger partial charge >= 0.3 is 0 Å². The molecule has 1 aromatic carbocycles. The van der Waals surface area contributed by atoms with Crippen LogP contribution in [0.25, 0.3) is 6.08 Å². The number of benzene rings is 1. The molecule has 0 aliphatic rings. The molecule has 0 nitrogen and oxygen atoms in total. The van der Waals surface area contributed by atoms with Crippen molar-refractivity contribution in [3.8, 4) is 0 Å². The second-order valence-electron chi connectivity index (χ2n) is 2.97. The zero-order chi connectivity index (χ0) is 9.84. The Balaban J connectivity index is 3.27. The predicted octanol–water partition coefficient (Wildman–Crippen LogP) is 4.38. The summed E-state index contributed by atoms with van der Waals surface area (Å²) in [6.07, 6.45) is 3.81. The van der Waals surface area contributed by atoms with Crippen LogP contribution in [0.3, 0.4) is 0 Å². The molecule has 0 aliphatic carbocycles. The van der Waals surface area contributed by atoms with Gasteiger partial charge in [0.15, 0.2) is 0 Å². The monoisotopic (exact) mass is 236 g/mol. The van der Waals surface area contributed by atoms with Crippen molar-refractivity contribution in [2.45, 2.75) is 12.8 Å². The summed E-state index contributed by atoms with van der Waals surface area (Å²) in [5, 5.41) is 0. The highest BCUT2D eigenvalue weighted by atomic mass is 79.9. The van der Waals surface area contributed by atoms with Crippen molar-refractivity contribution in [2.24, 2.45) is 0 Å². The van der Waals surface area contributed by atoms with Crippen molar-refractivity contribution >= 4 is 22.0 Å². The van der Waals surface area contributed by atoms with Crippen LogP contribution in [0, 0.1) is 0 Å². The Labute approximate surface area is 88.1 Å². The summed E-state index contributed by atoms with van der Waals surface area (Å²) in [5.74, 6) is 0.366. The third-order valence-corrected chi connectivity index (χ3v) is 2.83. The third-order valence-electron chi connectivity index (χ3n) is 2.13. The molecular formula is C12H13Br. The first-order chi connectivity index (χ1) is 6.20. The second-order valence-corrected chi connectivity index (χ2v) is 3.83. The molecule has 0 fully saturated rings. The third kappa shape index (κ3) is 2.10. The average Bonchev–Trinajstić information content (AvgIpc) is 2.16. The van der Waals surface area contributed by atoms with Crippen LogP contribution in [-0.2, 0) is 0 Å². The Hall–Kier alpha value is -0.820. The summed E-state index contributed by atoms with van der Waals surface area (Å²) in [5.41, 5.74) is 2.43. The molecule has 0 spiro atoms. The van der Waals surface area contributed by atoms with Crippen molar-refractivity contribution < 1.29 is 0 Å². The fourth-order valence-corrected chi connectivity index (χ4v) is 1.84. The van der Waals surface area contributed by atoms with Crippen LogP contribution in [0.2, 0.25) is 0 Å². The highest BCUT2D eigenvalue weighted by molar-refractivity contribution is 9.10. The Kier molecular flexibility index (Phi) is 3.49. The van der Waals surface area contributed by atoms with Crippen molar-refractivity contribution in [3.05, 3.63) is 53.0 Å². The van der Waals surface area contributed by atoms with E-state index in [0.717, 1.165) is 10.0 Å². The SMILES string of the molecule is C=Cc1c(Br)cccc1C(C)C=C. The van der Waals surface area contributed by atoms with Gasteiger partial charge in [0, 0.05) is 4.47 Å². The zero-order valence-electron chi connectivity index (χ0n) is 7.76. The minimum atomic E-state index is 0.366. The molecule has 0 heterocycles. The van der Waals surface area contributed by atoms with Crippen LogP contribution in [0.15, 0.2) is 41.9 Å². The predicted molar refractivity (Wildman–Crippen MR) is 62.8 cm³/mol. The van der Waals surface area contributed by atoms with Crippen molar-refractivity contribution in [1.29, 1.82) is 0 Å². The molecule has 0 amide bonds. The van der Waals surface area contributed by atoms with Gasteiger partial charge in [-0.25, -0.2) is 0 Å². The first-order valence-electron chi connectivity index (χ1n) is 4.24. The van der Waals surface area contributed by atoms with Crippen LogP contribution >= 0.6 is 15.9 Å². The van der Waals surface area contributed by atoms with Gasteiger partial charge in [0.05, 0.1) is 0 Å². The molecule has 0 saturated heterocycles. The second kappa shape index (κ2) is 4.43. The van der Waals surface area contributed by atoms with E-state index >= 15 is 0 Å². The first kappa shape index (κ1) is 10.3. The van der Waals surface area contributed by atoms with Crippen molar-refractivity contribution in [3.63, 3.8) is 0 Å². The van der Waals surface area contributed by atoms with Gasteiger partial charge in [-0.15, -0.1) is 6.58 Å². The van der Waals surface area contributed by atoms with Gasteiger partial charge in [-0.1, -0.05) is 53.7 Å². The van der Waals surface area contributed by atoms with E-state index in [4.69, 9.17) is 0 Å². The van der Waals surface area contributed by atoms with E-state index < -0.39 is 0 Å². The largest absolute Gasteiger partial charge is 0.102 e. The van der Waals surface area contributed by atoms with Gasteiger partial charge in [0.2, 0.25) is 0 Å². The van der Waals surface area contributed by atoms with Crippen LogP contribution in [0.4, 0.5) is 0 Å². The van der Waals surface area contributed by atoms with E-state index in [1.807, 2.05) is 24.3 Å². The number of rotatable bonds is 3. The molecular weight excluding hydrogens is 224 g/mol. The van der Waals surface area contributed by atoms with Crippen molar-refractivity contribution in [2.75, 3.05) is 0 Å². The molecule has 0 bridgehead atoms. The maximum atomic E-state index is 3.80. The summed E-state index contributed by atoms with van der Waals surface area (Å²) in [4.78, 5) is 0. The fourth-order valence-electron chi connectivity index (χ4n) is 1.29. The number of allylic oxidation sites excluding steroid dienone is 1. The zero-order valence-corrected chi connectivity index (χ0v) is 9.34. The lowest BCUT2D eigenvalue weighted by molar-refractivity contribution is 0.965. The molecule has 0 aliphatic heterocycles. The standard InChI is InChI=1S/C12H13Br/c1-4-9(3)11-7-6-8-12(13)10(11)5-2/h4-9H,1-2H2,3H3. The van der Waals surface area contributed by atoms with E-state index in [1.54, 1.807) is 0 Å². The minimum Gasteiger partial charge on any atom is -0.102 e. The maximum absolute atomic E-state index is 3.80. The molecule has 1 atom stereocenters. The molecule has 68 valence electrons. The van der Waals surface area contributed by atoms with Gasteiger partial charge in [0.25, 0.3) is 0 Å². The molecule has 0 saturated carbocycles. The Morgan fingerprint density at radius 1 is 1.38 bits per heavy atom. The Bertz CT molecular complexity index is 326. The van der Waals surface area contributed by atoms with E-state index in [1.165, 1.54) is 5.56 Å². The smallest absolute Gasteiger partial charge is 0.0250 e. The summed E-state index contributed by atoms with van der Waals surface area (Å²) in [7, 11) is 0. The molecule has 0 N–H and O–H groups in total. The topological polar surface area (TPSA) is 0 Å². The number of halogens is 1. The fraction of sp³-hybridized carbons (Fsp3) is 0.167. The lowest BCUT2D eigenvalue weighted by Gasteiger charge is -2.11.